The predicted octanol–water partition coefficient (Wildman–Crippen LogP) is 3.69. The van der Waals surface area contributed by atoms with E-state index in [2.05, 4.69) is 4.98 Å². The predicted molar refractivity (Wildman–Crippen MR) is 106 cm³/mol. The van der Waals surface area contributed by atoms with Crippen molar-refractivity contribution in [3.63, 3.8) is 0 Å². The van der Waals surface area contributed by atoms with Gasteiger partial charge in [-0.05, 0) is 30.3 Å². The minimum absolute atomic E-state index is 0.0762. The van der Waals surface area contributed by atoms with Crippen LogP contribution in [0.3, 0.4) is 0 Å². The molecule has 0 spiro atoms. The fourth-order valence-corrected chi connectivity index (χ4v) is 4.15. The normalized spacial score (nSPS) is 11.8. The first-order chi connectivity index (χ1) is 13.2. The van der Waals surface area contributed by atoms with Crippen LogP contribution in [-0.4, -0.2) is 30.4 Å². The van der Waals surface area contributed by atoms with Gasteiger partial charge in [0.25, 0.3) is 15.9 Å². The number of carboxylic acid groups (broad SMARTS) is 1. The van der Waals surface area contributed by atoms with Gasteiger partial charge in [0.15, 0.2) is 0 Å². The van der Waals surface area contributed by atoms with Crippen LogP contribution in [0.15, 0.2) is 53.4 Å². The highest BCUT2D eigenvalue weighted by atomic mass is 35.5. The molecule has 1 aromatic heterocycles. The maximum absolute atomic E-state index is 12.2. The summed E-state index contributed by atoms with van der Waals surface area (Å²) in [7, 11) is -4.05. The third kappa shape index (κ3) is 4.04. The molecule has 0 unspecified atom stereocenters. The number of aromatic nitrogens is 1. The topological polar surface area (TPSA) is 116 Å². The third-order valence-electron chi connectivity index (χ3n) is 3.76. The fourth-order valence-electron chi connectivity index (χ4n) is 2.59. The Labute approximate surface area is 169 Å². The van der Waals surface area contributed by atoms with Crippen molar-refractivity contribution in [3.8, 4) is 0 Å². The molecule has 0 aliphatic rings. The van der Waals surface area contributed by atoms with Crippen molar-refractivity contribution in [2.75, 3.05) is 0 Å². The van der Waals surface area contributed by atoms with Gasteiger partial charge < -0.3 is 10.1 Å². The molecule has 0 aliphatic carbocycles. The molecule has 3 rings (SSSR count). The van der Waals surface area contributed by atoms with Gasteiger partial charge in [-0.25, -0.2) is 17.9 Å². The first-order valence-electron chi connectivity index (χ1n) is 7.73. The minimum Gasteiger partial charge on any atom is -0.477 e. The van der Waals surface area contributed by atoms with E-state index in [1.54, 1.807) is 6.07 Å². The van der Waals surface area contributed by atoms with Crippen LogP contribution in [0.1, 0.15) is 16.1 Å². The van der Waals surface area contributed by atoms with Crippen molar-refractivity contribution in [1.29, 1.82) is 0 Å². The zero-order valence-corrected chi connectivity index (χ0v) is 16.3. The Bertz CT molecular complexity index is 1220. The molecule has 0 aliphatic heterocycles. The summed E-state index contributed by atoms with van der Waals surface area (Å²) in [5.74, 6) is -2.22. The molecule has 0 bridgehead atoms. The lowest BCUT2D eigenvalue weighted by Gasteiger charge is -2.04. The Hall–Kier alpha value is -2.81. The first kappa shape index (κ1) is 19.9. The van der Waals surface area contributed by atoms with Crippen LogP contribution in [0.4, 0.5) is 0 Å². The number of benzene rings is 2. The number of rotatable bonds is 5. The number of nitrogens with one attached hydrogen (secondary N) is 2. The largest absolute Gasteiger partial charge is 0.477 e. The number of carboxylic acids is 1. The average molecular weight is 439 g/mol. The van der Waals surface area contributed by atoms with Crippen LogP contribution >= 0.6 is 23.2 Å². The zero-order valence-electron chi connectivity index (χ0n) is 13.9. The fraction of sp³-hybridized carbons (Fsp3) is 0. The highest BCUT2D eigenvalue weighted by Gasteiger charge is 2.19. The summed E-state index contributed by atoms with van der Waals surface area (Å²) in [6, 6.07) is 10.3. The van der Waals surface area contributed by atoms with Crippen molar-refractivity contribution in [3.05, 3.63) is 69.8 Å². The van der Waals surface area contributed by atoms with E-state index < -0.39 is 21.9 Å². The molecule has 3 N–H and O–H groups in total. The van der Waals surface area contributed by atoms with Crippen LogP contribution in [0.25, 0.3) is 17.0 Å². The van der Waals surface area contributed by atoms with E-state index in [0.29, 0.717) is 15.9 Å². The van der Waals surface area contributed by atoms with Crippen LogP contribution < -0.4 is 4.72 Å². The summed E-state index contributed by atoms with van der Waals surface area (Å²) >= 11 is 12.1. The molecule has 7 nitrogen and oxygen atoms in total. The lowest BCUT2D eigenvalue weighted by atomic mass is 10.1. The third-order valence-corrected chi connectivity index (χ3v) is 5.64. The Balaban J connectivity index is 1.96. The van der Waals surface area contributed by atoms with Gasteiger partial charge in [-0.2, -0.15) is 0 Å². The smallest absolute Gasteiger partial charge is 0.352 e. The van der Waals surface area contributed by atoms with Gasteiger partial charge in [-0.1, -0.05) is 41.4 Å². The van der Waals surface area contributed by atoms with E-state index >= 15 is 0 Å². The number of fused-ring (bicyclic) bond motifs is 1. The molecule has 1 amide bonds. The molecular weight excluding hydrogens is 427 g/mol. The Morgan fingerprint density at radius 3 is 2.43 bits per heavy atom. The number of H-pyrrole nitrogens is 1. The number of amides is 1. The highest BCUT2D eigenvalue weighted by molar-refractivity contribution is 7.90. The Morgan fingerprint density at radius 2 is 1.79 bits per heavy atom. The maximum atomic E-state index is 12.2. The molecule has 0 saturated carbocycles. The summed E-state index contributed by atoms with van der Waals surface area (Å²) in [6.07, 6.45) is 2.10. The number of hydrogen-bond donors (Lipinski definition) is 3. The molecule has 144 valence electrons. The summed E-state index contributed by atoms with van der Waals surface area (Å²) in [5.41, 5.74) is 0.275. The lowest BCUT2D eigenvalue weighted by molar-refractivity contribution is -0.114. The average Bonchev–Trinajstić information content (AvgIpc) is 2.99. The lowest BCUT2D eigenvalue weighted by Crippen LogP contribution is -2.28. The van der Waals surface area contributed by atoms with E-state index in [9.17, 15) is 23.1 Å². The van der Waals surface area contributed by atoms with Gasteiger partial charge in [-0.15, -0.1) is 0 Å². The number of carbonyl (C=O) groups is 2. The number of halogens is 2. The quantitative estimate of drug-likeness (QED) is 0.525. The summed E-state index contributed by atoms with van der Waals surface area (Å²) in [5, 5.41) is 10.2. The van der Waals surface area contributed by atoms with Crippen molar-refractivity contribution in [2.24, 2.45) is 0 Å². The molecule has 10 heteroatoms. The van der Waals surface area contributed by atoms with E-state index in [-0.39, 0.29) is 21.2 Å². The monoisotopic (exact) mass is 438 g/mol. The molecule has 0 saturated heterocycles. The standard InChI is InChI=1S/C18H12Cl2N2O5S/c19-10-8-13(20)16-12(17(18(24)25)21-14(16)9-10)6-7-15(23)22-28(26,27)11-4-2-1-3-5-11/h1-9,21H,(H,22,23)(H,24,25)/b7-6+. The van der Waals surface area contributed by atoms with E-state index in [1.165, 1.54) is 42.5 Å². The Kier molecular flexibility index (Phi) is 5.46. The van der Waals surface area contributed by atoms with E-state index in [4.69, 9.17) is 23.2 Å². The van der Waals surface area contributed by atoms with Crippen LogP contribution in [0.2, 0.25) is 10.0 Å². The molecular formula is C18H12Cl2N2O5S. The SMILES string of the molecule is O=C(/C=C/c1c(C(=O)O)[nH]c2cc(Cl)cc(Cl)c12)NS(=O)(=O)c1ccccc1. The maximum Gasteiger partial charge on any atom is 0.352 e. The first-order valence-corrected chi connectivity index (χ1v) is 9.97. The van der Waals surface area contributed by atoms with Gasteiger partial charge in [0.05, 0.1) is 9.92 Å². The molecule has 1 heterocycles. The van der Waals surface area contributed by atoms with Crippen LogP contribution in [-0.2, 0) is 14.8 Å². The van der Waals surface area contributed by atoms with Gasteiger partial charge in [-0.3, -0.25) is 4.79 Å². The van der Waals surface area contributed by atoms with Crippen LogP contribution in [0.5, 0.6) is 0 Å². The number of aromatic carboxylic acids is 1. The van der Waals surface area contributed by atoms with Crippen molar-refractivity contribution in [2.45, 2.75) is 4.90 Å². The summed E-state index contributed by atoms with van der Waals surface area (Å²) < 4.78 is 26.3. The summed E-state index contributed by atoms with van der Waals surface area (Å²) in [6.45, 7) is 0. The van der Waals surface area contributed by atoms with Crippen molar-refractivity contribution >= 4 is 62.1 Å². The minimum atomic E-state index is -4.05. The second-order valence-electron chi connectivity index (χ2n) is 5.65. The van der Waals surface area contributed by atoms with Gasteiger partial charge in [0.1, 0.15) is 5.69 Å². The summed E-state index contributed by atoms with van der Waals surface area (Å²) in [4.78, 5) is 26.2. The number of sulfonamides is 1. The molecule has 28 heavy (non-hydrogen) atoms. The second kappa shape index (κ2) is 7.67. The highest BCUT2D eigenvalue weighted by Crippen LogP contribution is 2.33. The number of aromatic amines is 1. The molecule has 0 radical (unpaired) electrons. The van der Waals surface area contributed by atoms with Crippen LogP contribution in [0, 0.1) is 0 Å². The van der Waals surface area contributed by atoms with E-state index in [1.807, 2.05) is 4.72 Å². The van der Waals surface area contributed by atoms with Crippen molar-refractivity contribution < 1.29 is 23.1 Å². The van der Waals surface area contributed by atoms with Gasteiger partial charge in [0, 0.05) is 27.6 Å². The number of hydrogen-bond acceptors (Lipinski definition) is 4. The molecule has 2 aromatic carbocycles. The van der Waals surface area contributed by atoms with Gasteiger partial charge >= 0.3 is 5.97 Å². The van der Waals surface area contributed by atoms with E-state index in [0.717, 1.165) is 6.08 Å². The molecule has 0 atom stereocenters. The zero-order chi connectivity index (χ0) is 20.5. The Morgan fingerprint density at radius 1 is 1.11 bits per heavy atom. The number of carbonyl (C=O) groups excluding carboxylic acids is 1. The molecule has 3 aromatic rings. The molecule has 0 fully saturated rings. The second-order valence-corrected chi connectivity index (χ2v) is 8.17. The van der Waals surface area contributed by atoms with Gasteiger partial charge in [0.2, 0.25) is 0 Å². The van der Waals surface area contributed by atoms with Crippen molar-refractivity contribution in [1.82, 2.24) is 9.71 Å².